The number of nitrogens with one attached hydrogen (secondary N) is 1. The molecule has 28 heavy (non-hydrogen) atoms. The largest absolute Gasteiger partial charge is 0.351 e. The maximum Gasteiger partial charge on any atom is 0.234 e. The van der Waals surface area contributed by atoms with E-state index in [4.69, 9.17) is 0 Å². The molecule has 6 heteroatoms. The number of nitrogens with zero attached hydrogens (tertiary/aromatic N) is 2. The van der Waals surface area contributed by atoms with Gasteiger partial charge in [-0.3, -0.25) is 14.5 Å². The van der Waals surface area contributed by atoms with Crippen molar-refractivity contribution in [2.24, 2.45) is 5.92 Å². The van der Waals surface area contributed by atoms with Gasteiger partial charge in [0.1, 0.15) is 5.82 Å². The van der Waals surface area contributed by atoms with E-state index in [2.05, 4.69) is 15.1 Å². The summed E-state index contributed by atoms with van der Waals surface area (Å²) >= 11 is 0. The molecule has 0 aliphatic carbocycles. The molecule has 5 nitrogen and oxygen atoms in total. The van der Waals surface area contributed by atoms with Gasteiger partial charge >= 0.3 is 0 Å². The Morgan fingerprint density at radius 2 is 1.75 bits per heavy atom. The van der Waals surface area contributed by atoms with Crippen LogP contribution in [0.4, 0.5) is 4.39 Å². The summed E-state index contributed by atoms with van der Waals surface area (Å²) in [6.07, 6.45) is 6.37. The molecule has 2 heterocycles. The van der Waals surface area contributed by atoms with Crippen LogP contribution < -0.4 is 5.32 Å². The van der Waals surface area contributed by atoms with Crippen LogP contribution in [0, 0.1) is 18.7 Å². The predicted octanol–water partition coefficient (Wildman–Crippen LogP) is 2.86. The van der Waals surface area contributed by atoms with Gasteiger partial charge in [-0.1, -0.05) is 25.0 Å². The van der Waals surface area contributed by atoms with Gasteiger partial charge in [-0.15, -0.1) is 0 Å². The lowest BCUT2D eigenvalue weighted by molar-refractivity contribution is -0.137. The maximum absolute atomic E-state index is 13.3. The molecule has 2 aliphatic rings. The predicted molar refractivity (Wildman–Crippen MR) is 107 cm³/mol. The molecule has 1 N–H and O–H groups in total. The van der Waals surface area contributed by atoms with E-state index in [-0.39, 0.29) is 17.6 Å². The van der Waals surface area contributed by atoms with E-state index in [0.29, 0.717) is 24.6 Å². The number of piperidine rings is 1. The summed E-state index contributed by atoms with van der Waals surface area (Å²) in [5, 5.41) is 2.91. The summed E-state index contributed by atoms with van der Waals surface area (Å²) in [4.78, 5) is 29.2. The van der Waals surface area contributed by atoms with Crippen LogP contribution in [-0.2, 0) is 16.1 Å². The number of hydrogen-bond acceptors (Lipinski definition) is 3. The SMILES string of the molecule is Cc1cc(CNC(=O)CN2CCC(C(=O)N3CCCCCC3)CC2)ccc1F. The van der Waals surface area contributed by atoms with Crippen LogP contribution in [0.15, 0.2) is 18.2 Å². The standard InChI is InChI=1S/C22H32FN3O2/c1-17-14-18(6-7-20(17)23)15-24-21(27)16-25-12-8-19(9-13-25)22(28)26-10-4-2-3-5-11-26/h6-7,14,19H,2-5,8-13,15-16H2,1H3,(H,24,27). The zero-order valence-corrected chi connectivity index (χ0v) is 16.9. The van der Waals surface area contributed by atoms with Crippen LogP contribution in [0.2, 0.25) is 0 Å². The summed E-state index contributed by atoms with van der Waals surface area (Å²) in [5.74, 6) is 0.171. The van der Waals surface area contributed by atoms with Gasteiger partial charge in [-0.25, -0.2) is 4.39 Å². The van der Waals surface area contributed by atoms with Gasteiger partial charge in [0.15, 0.2) is 0 Å². The second-order valence-electron chi connectivity index (χ2n) is 8.15. The highest BCUT2D eigenvalue weighted by Crippen LogP contribution is 2.21. The van der Waals surface area contributed by atoms with Crippen molar-refractivity contribution in [2.75, 3.05) is 32.7 Å². The van der Waals surface area contributed by atoms with Crippen LogP contribution in [-0.4, -0.2) is 54.3 Å². The van der Waals surface area contributed by atoms with E-state index < -0.39 is 0 Å². The first kappa shape index (κ1) is 20.8. The molecule has 2 aliphatic heterocycles. The Balaban J connectivity index is 1.39. The quantitative estimate of drug-likeness (QED) is 0.843. The monoisotopic (exact) mass is 389 g/mol. The van der Waals surface area contributed by atoms with Crippen molar-refractivity contribution in [3.05, 3.63) is 35.1 Å². The Kier molecular flexibility index (Phi) is 7.43. The molecule has 0 unspecified atom stereocenters. The summed E-state index contributed by atoms with van der Waals surface area (Å²) < 4.78 is 13.3. The van der Waals surface area contributed by atoms with Crippen molar-refractivity contribution in [1.29, 1.82) is 0 Å². The summed E-state index contributed by atoms with van der Waals surface area (Å²) in [5.41, 5.74) is 1.48. The Hall–Kier alpha value is -1.95. The smallest absolute Gasteiger partial charge is 0.234 e. The lowest BCUT2D eigenvalue weighted by Gasteiger charge is -2.33. The molecule has 154 valence electrons. The normalized spacial score (nSPS) is 19.3. The molecule has 1 aromatic rings. The van der Waals surface area contributed by atoms with E-state index in [9.17, 15) is 14.0 Å². The fraction of sp³-hybridized carbons (Fsp3) is 0.636. The van der Waals surface area contributed by atoms with E-state index in [0.717, 1.165) is 57.4 Å². The van der Waals surface area contributed by atoms with Crippen LogP contribution in [0.25, 0.3) is 0 Å². The average molecular weight is 390 g/mol. The molecule has 0 atom stereocenters. The fourth-order valence-corrected chi connectivity index (χ4v) is 4.16. The molecule has 2 fully saturated rings. The lowest BCUT2D eigenvalue weighted by atomic mass is 9.95. The molecule has 3 rings (SSSR count). The summed E-state index contributed by atoms with van der Waals surface area (Å²) in [6, 6.07) is 4.89. The fourth-order valence-electron chi connectivity index (χ4n) is 4.16. The van der Waals surface area contributed by atoms with Gasteiger partial charge in [0.2, 0.25) is 11.8 Å². The van der Waals surface area contributed by atoms with E-state index >= 15 is 0 Å². The molecule has 0 spiro atoms. The molecule has 0 saturated carbocycles. The van der Waals surface area contributed by atoms with Crippen LogP contribution in [0.3, 0.4) is 0 Å². The highest BCUT2D eigenvalue weighted by molar-refractivity contribution is 5.79. The minimum Gasteiger partial charge on any atom is -0.351 e. The molecule has 1 aromatic carbocycles. The van der Waals surface area contributed by atoms with Crippen molar-refractivity contribution in [3.63, 3.8) is 0 Å². The third kappa shape index (κ3) is 5.77. The van der Waals surface area contributed by atoms with Crippen LogP contribution in [0.1, 0.15) is 49.7 Å². The second-order valence-corrected chi connectivity index (χ2v) is 8.15. The topological polar surface area (TPSA) is 52.7 Å². The third-order valence-corrected chi connectivity index (χ3v) is 5.93. The molecule has 2 amide bonds. The van der Waals surface area contributed by atoms with Gasteiger partial charge in [-0.05, 0) is 62.9 Å². The third-order valence-electron chi connectivity index (χ3n) is 5.93. The summed E-state index contributed by atoms with van der Waals surface area (Å²) in [6.45, 7) is 5.86. The Bertz CT molecular complexity index is 678. The molecule has 0 radical (unpaired) electrons. The first-order valence-corrected chi connectivity index (χ1v) is 10.6. The van der Waals surface area contributed by atoms with Crippen molar-refractivity contribution in [2.45, 2.75) is 52.0 Å². The van der Waals surface area contributed by atoms with Crippen molar-refractivity contribution in [1.82, 2.24) is 15.1 Å². The first-order valence-electron chi connectivity index (χ1n) is 10.6. The molecular weight excluding hydrogens is 357 g/mol. The number of aryl methyl sites for hydroxylation is 1. The highest BCUT2D eigenvalue weighted by Gasteiger charge is 2.29. The number of benzene rings is 1. The van der Waals surface area contributed by atoms with Crippen LogP contribution >= 0.6 is 0 Å². The number of likely N-dealkylation sites (tertiary alicyclic amines) is 2. The Morgan fingerprint density at radius 1 is 1.07 bits per heavy atom. The molecule has 0 bridgehead atoms. The zero-order chi connectivity index (χ0) is 19.9. The maximum atomic E-state index is 13.3. The van der Waals surface area contributed by atoms with Crippen molar-refractivity contribution < 1.29 is 14.0 Å². The molecule has 2 saturated heterocycles. The van der Waals surface area contributed by atoms with Crippen molar-refractivity contribution in [3.8, 4) is 0 Å². The number of carbonyl (C=O) groups is 2. The van der Waals surface area contributed by atoms with E-state index in [1.165, 1.54) is 18.9 Å². The van der Waals surface area contributed by atoms with Crippen LogP contribution in [0.5, 0.6) is 0 Å². The lowest BCUT2D eigenvalue weighted by Crippen LogP contribution is -2.45. The first-order chi connectivity index (χ1) is 13.5. The Labute approximate surface area is 167 Å². The number of carbonyl (C=O) groups excluding carboxylic acids is 2. The zero-order valence-electron chi connectivity index (χ0n) is 16.9. The minimum atomic E-state index is -0.229. The van der Waals surface area contributed by atoms with Gasteiger partial charge in [0, 0.05) is 25.6 Å². The Morgan fingerprint density at radius 3 is 2.39 bits per heavy atom. The summed E-state index contributed by atoms with van der Waals surface area (Å²) in [7, 11) is 0. The van der Waals surface area contributed by atoms with Crippen molar-refractivity contribution >= 4 is 11.8 Å². The highest BCUT2D eigenvalue weighted by atomic mass is 19.1. The molecular formula is C22H32FN3O2. The number of hydrogen-bond donors (Lipinski definition) is 1. The average Bonchev–Trinajstić information content (AvgIpc) is 2.98. The number of rotatable bonds is 5. The minimum absolute atomic E-state index is 0.0285. The van der Waals surface area contributed by atoms with Gasteiger partial charge in [-0.2, -0.15) is 0 Å². The van der Waals surface area contributed by atoms with E-state index in [1.54, 1.807) is 19.1 Å². The van der Waals surface area contributed by atoms with Gasteiger partial charge < -0.3 is 10.2 Å². The van der Waals surface area contributed by atoms with Gasteiger partial charge in [0.25, 0.3) is 0 Å². The van der Waals surface area contributed by atoms with E-state index in [1.807, 2.05) is 0 Å². The number of amides is 2. The molecule has 0 aromatic heterocycles. The number of halogens is 1. The van der Waals surface area contributed by atoms with Gasteiger partial charge in [0.05, 0.1) is 6.54 Å². The second kappa shape index (κ2) is 10.0.